The van der Waals surface area contributed by atoms with Crippen molar-refractivity contribution >= 4 is 5.91 Å². The van der Waals surface area contributed by atoms with Gasteiger partial charge in [0.05, 0.1) is 11.1 Å². The SMILES string of the molecule is CCCCN1C(=O)C2(CCCCC2)NC1c1cn(C)c(=O)n(C)c1=O. The Morgan fingerprint density at radius 1 is 1.16 bits per heavy atom. The Hall–Kier alpha value is -1.89. The van der Waals surface area contributed by atoms with E-state index in [1.165, 1.54) is 11.6 Å². The highest BCUT2D eigenvalue weighted by Crippen LogP contribution is 2.39. The molecule has 1 aliphatic carbocycles. The molecular formula is C18H28N4O3. The van der Waals surface area contributed by atoms with Crippen molar-refractivity contribution in [2.75, 3.05) is 6.54 Å². The smallest absolute Gasteiger partial charge is 0.321 e. The summed E-state index contributed by atoms with van der Waals surface area (Å²) in [6.45, 7) is 2.71. The standard InChI is InChI=1S/C18H28N4O3/c1-4-5-11-22-14(13-12-20(2)17(25)21(3)15(13)23)19-18(16(22)24)9-7-6-8-10-18/h12,14,19H,4-11H2,1-3H3. The fourth-order valence-electron chi connectivity index (χ4n) is 4.14. The van der Waals surface area contributed by atoms with Crippen LogP contribution in [0.4, 0.5) is 0 Å². The first-order valence-corrected chi connectivity index (χ1v) is 9.26. The Kier molecular flexibility index (Phi) is 4.86. The van der Waals surface area contributed by atoms with E-state index in [2.05, 4.69) is 12.2 Å². The van der Waals surface area contributed by atoms with E-state index in [0.717, 1.165) is 49.5 Å². The summed E-state index contributed by atoms with van der Waals surface area (Å²) in [6.07, 6.45) is 7.84. The third-order valence-electron chi connectivity index (χ3n) is 5.62. The Morgan fingerprint density at radius 3 is 2.48 bits per heavy atom. The summed E-state index contributed by atoms with van der Waals surface area (Å²) < 4.78 is 2.53. The maximum atomic E-state index is 13.2. The second-order valence-electron chi connectivity index (χ2n) is 7.38. The van der Waals surface area contributed by atoms with E-state index in [-0.39, 0.29) is 17.2 Å². The van der Waals surface area contributed by atoms with Crippen LogP contribution in [0, 0.1) is 0 Å². The van der Waals surface area contributed by atoms with Crippen LogP contribution in [0.1, 0.15) is 63.6 Å². The van der Waals surface area contributed by atoms with Crippen molar-refractivity contribution in [3.05, 3.63) is 32.6 Å². The normalized spacial score (nSPS) is 22.8. The van der Waals surface area contributed by atoms with E-state index in [0.29, 0.717) is 12.1 Å². The quantitative estimate of drug-likeness (QED) is 0.881. The zero-order valence-electron chi connectivity index (χ0n) is 15.4. The number of aryl methyl sites for hydroxylation is 1. The Morgan fingerprint density at radius 2 is 1.84 bits per heavy atom. The summed E-state index contributed by atoms with van der Waals surface area (Å²) in [4.78, 5) is 39.7. The maximum absolute atomic E-state index is 13.2. The largest absolute Gasteiger partial charge is 0.330 e. The number of hydrogen-bond acceptors (Lipinski definition) is 4. The predicted molar refractivity (Wildman–Crippen MR) is 95.2 cm³/mol. The molecule has 3 rings (SSSR count). The van der Waals surface area contributed by atoms with Crippen LogP contribution in [0.5, 0.6) is 0 Å². The fourth-order valence-corrected chi connectivity index (χ4v) is 4.14. The lowest BCUT2D eigenvalue weighted by atomic mass is 9.81. The highest BCUT2D eigenvalue weighted by atomic mass is 16.2. The molecule has 0 aromatic carbocycles. The first-order chi connectivity index (χ1) is 11.9. The molecule has 1 aliphatic heterocycles. The predicted octanol–water partition coefficient (Wildman–Crippen LogP) is 1.02. The first kappa shape index (κ1) is 17.9. The van der Waals surface area contributed by atoms with Crippen LogP contribution >= 0.6 is 0 Å². The van der Waals surface area contributed by atoms with Gasteiger partial charge >= 0.3 is 5.69 Å². The van der Waals surface area contributed by atoms with Gasteiger partial charge in [0.2, 0.25) is 5.91 Å². The second kappa shape index (κ2) is 6.78. The van der Waals surface area contributed by atoms with E-state index < -0.39 is 11.7 Å². The van der Waals surface area contributed by atoms with Crippen molar-refractivity contribution in [3.8, 4) is 0 Å². The molecule has 1 atom stereocenters. The number of nitrogens with zero attached hydrogens (tertiary/aromatic N) is 3. The summed E-state index contributed by atoms with van der Waals surface area (Å²) in [7, 11) is 3.12. The molecule has 1 saturated heterocycles. The topological polar surface area (TPSA) is 76.3 Å². The second-order valence-corrected chi connectivity index (χ2v) is 7.38. The molecule has 1 spiro atoms. The monoisotopic (exact) mass is 348 g/mol. The van der Waals surface area contributed by atoms with Gasteiger partial charge in [0.25, 0.3) is 5.56 Å². The molecule has 2 aliphatic rings. The van der Waals surface area contributed by atoms with Gasteiger partial charge in [-0.25, -0.2) is 4.79 Å². The number of aromatic nitrogens is 2. The van der Waals surface area contributed by atoms with Gasteiger partial charge in [-0.2, -0.15) is 0 Å². The van der Waals surface area contributed by atoms with E-state index in [1.807, 2.05) is 4.90 Å². The molecule has 25 heavy (non-hydrogen) atoms. The lowest BCUT2D eigenvalue weighted by Crippen LogP contribution is -2.48. The summed E-state index contributed by atoms with van der Waals surface area (Å²) in [5.74, 6) is 0.113. The molecule has 1 N–H and O–H groups in total. The number of nitrogens with one attached hydrogen (secondary N) is 1. The molecular weight excluding hydrogens is 320 g/mol. The third kappa shape index (κ3) is 2.94. The Labute approximate surface area is 147 Å². The zero-order valence-corrected chi connectivity index (χ0v) is 15.4. The molecule has 2 heterocycles. The fraction of sp³-hybridized carbons (Fsp3) is 0.722. The molecule has 0 bridgehead atoms. The van der Waals surface area contributed by atoms with Crippen LogP contribution in [0.25, 0.3) is 0 Å². The number of carbonyl (C=O) groups excluding carboxylic acids is 1. The van der Waals surface area contributed by atoms with Gasteiger partial charge in [-0.1, -0.05) is 32.6 Å². The van der Waals surface area contributed by atoms with E-state index in [9.17, 15) is 14.4 Å². The van der Waals surface area contributed by atoms with Crippen molar-refractivity contribution < 1.29 is 4.79 Å². The molecule has 7 nitrogen and oxygen atoms in total. The lowest BCUT2D eigenvalue weighted by Gasteiger charge is -2.31. The summed E-state index contributed by atoms with van der Waals surface area (Å²) >= 11 is 0. The van der Waals surface area contributed by atoms with Crippen LogP contribution in [0.2, 0.25) is 0 Å². The first-order valence-electron chi connectivity index (χ1n) is 9.26. The average molecular weight is 348 g/mol. The molecule has 7 heteroatoms. The lowest BCUT2D eigenvalue weighted by molar-refractivity contribution is -0.134. The maximum Gasteiger partial charge on any atom is 0.330 e. The molecule has 138 valence electrons. The van der Waals surface area contributed by atoms with Crippen molar-refractivity contribution in [3.63, 3.8) is 0 Å². The number of carbonyl (C=O) groups is 1. The van der Waals surface area contributed by atoms with Crippen molar-refractivity contribution in [2.24, 2.45) is 14.1 Å². The van der Waals surface area contributed by atoms with Crippen molar-refractivity contribution in [1.29, 1.82) is 0 Å². The minimum absolute atomic E-state index is 0.113. The molecule has 1 saturated carbocycles. The number of amides is 1. The van der Waals surface area contributed by atoms with Gasteiger partial charge in [0.15, 0.2) is 0 Å². The highest BCUT2D eigenvalue weighted by molar-refractivity contribution is 5.89. The summed E-state index contributed by atoms with van der Waals surface area (Å²) in [5.41, 5.74) is -0.763. The Bertz CT molecular complexity index is 774. The third-order valence-corrected chi connectivity index (χ3v) is 5.62. The van der Waals surface area contributed by atoms with E-state index in [1.54, 1.807) is 13.2 Å². The van der Waals surface area contributed by atoms with Crippen LogP contribution in [0.3, 0.4) is 0 Å². The molecule has 1 aromatic heterocycles. The minimum atomic E-state index is -0.545. The van der Waals surface area contributed by atoms with Gasteiger partial charge < -0.3 is 9.47 Å². The van der Waals surface area contributed by atoms with Gasteiger partial charge in [0.1, 0.15) is 6.17 Å². The van der Waals surface area contributed by atoms with Crippen molar-refractivity contribution in [1.82, 2.24) is 19.4 Å². The zero-order chi connectivity index (χ0) is 18.2. The molecule has 1 aromatic rings. The minimum Gasteiger partial charge on any atom is -0.321 e. The average Bonchev–Trinajstić information content (AvgIpc) is 2.87. The number of hydrogen-bond donors (Lipinski definition) is 1. The van der Waals surface area contributed by atoms with Crippen LogP contribution in [0.15, 0.2) is 15.8 Å². The van der Waals surface area contributed by atoms with Crippen LogP contribution in [-0.2, 0) is 18.9 Å². The number of unbranched alkanes of at least 4 members (excludes halogenated alkanes) is 1. The van der Waals surface area contributed by atoms with Gasteiger partial charge in [-0.05, 0) is 19.3 Å². The molecule has 2 fully saturated rings. The van der Waals surface area contributed by atoms with Gasteiger partial charge in [-0.3, -0.25) is 19.5 Å². The summed E-state index contributed by atoms with van der Waals surface area (Å²) in [5, 5.41) is 3.49. The van der Waals surface area contributed by atoms with E-state index in [4.69, 9.17) is 0 Å². The van der Waals surface area contributed by atoms with E-state index >= 15 is 0 Å². The van der Waals surface area contributed by atoms with Crippen LogP contribution < -0.4 is 16.6 Å². The Balaban J connectivity index is 2.05. The molecule has 0 radical (unpaired) electrons. The van der Waals surface area contributed by atoms with Gasteiger partial charge in [-0.15, -0.1) is 0 Å². The molecule has 1 unspecified atom stereocenters. The highest BCUT2D eigenvalue weighted by Gasteiger charge is 2.52. The number of rotatable bonds is 4. The van der Waals surface area contributed by atoms with Gasteiger partial charge in [0, 0.05) is 26.8 Å². The van der Waals surface area contributed by atoms with Crippen LogP contribution in [-0.4, -0.2) is 32.0 Å². The van der Waals surface area contributed by atoms with Crippen molar-refractivity contribution in [2.45, 2.75) is 63.6 Å². The summed E-state index contributed by atoms with van der Waals surface area (Å²) in [6, 6.07) is 0. The molecule has 1 amide bonds.